The number of hydrogen-bond donors (Lipinski definition) is 2. The van der Waals surface area contributed by atoms with Crippen LogP contribution >= 0.6 is 15.9 Å². The molecule has 0 saturated carbocycles. The Labute approximate surface area is 193 Å². The van der Waals surface area contributed by atoms with Crippen LogP contribution in [0, 0.1) is 0 Å². The summed E-state index contributed by atoms with van der Waals surface area (Å²) in [7, 11) is 0. The minimum atomic E-state index is -0.800. The highest BCUT2D eigenvalue weighted by atomic mass is 79.9. The molecule has 0 atom stereocenters. The summed E-state index contributed by atoms with van der Waals surface area (Å²) in [6, 6.07) is 20.4. The van der Waals surface area contributed by atoms with Crippen LogP contribution in [0.4, 0.5) is 10.5 Å². The fourth-order valence-corrected chi connectivity index (χ4v) is 3.22. The van der Waals surface area contributed by atoms with E-state index in [1.165, 1.54) is 12.1 Å². The predicted molar refractivity (Wildman–Crippen MR) is 124 cm³/mol. The lowest BCUT2D eigenvalue weighted by Gasteiger charge is -2.12. The van der Waals surface area contributed by atoms with Crippen molar-refractivity contribution < 1.29 is 23.9 Å². The number of benzene rings is 3. The van der Waals surface area contributed by atoms with Gasteiger partial charge in [-0.1, -0.05) is 40.2 Å². The first-order valence-electron chi connectivity index (χ1n) is 9.84. The third kappa shape index (κ3) is 6.42. The van der Waals surface area contributed by atoms with Crippen LogP contribution in [0.25, 0.3) is 0 Å². The lowest BCUT2D eigenvalue weighted by atomic mass is 10.1. The molecule has 2 amide bonds. The van der Waals surface area contributed by atoms with Gasteiger partial charge in [0.1, 0.15) is 5.75 Å². The molecule has 164 valence electrons. The molecule has 7 nitrogen and oxygen atoms in total. The molecule has 0 aliphatic rings. The van der Waals surface area contributed by atoms with Gasteiger partial charge in [-0.3, -0.25) is 9.59 Å². The third-order valence-corrected chi connectivity index (χ3v) is 4.86. The molecule has 0 bridgehead atoms. The number of anilines is 1. The van der Waals surface area contributed by atoms with Gasteiger partial charge in [-0.25, -0.2) is 4.79 Å². The normalized spacial score (nSPS) is 10.2. The SMILES string of the molecule is CCOC(=O)Oc1ccc(C(=O)NCc2ccccc2NC(=O)c2cccc(Br)c2)cc1. The maximum Gasteiger partial charge on any atom is 0.513 e. The van der Waals surface area contributed by atoms with Crippen molar-refractivity contribution >= 4 is 39.6 Å². The summed E-state index contributed by atoms with van der Waals surface area (Å²) in [5.74, 6) is -0.274. The maximum absolute atomic E-state index is 12.6. The molecule has 3 aromatic carbocycles. The molecule has 3 rings (SSSR count). The van der Waals surface area contributed by atoms with E-state index in [9.17, 15) is 14.4 Å². The molecule has 8 heteroatoms. The fraction of sp³-hybridized carbons (Fsp3) is 0.125. The number of carbonyl (C=O) groups is 3. The van der Waals surface area contributed by atoms with Crippen LogP contribution in [-0.4, -0.2) is 24.6 Å². The highest BCUT2D eigenvalue weighted by Crippen LogP contribution is 2.18. The molecule has 0 radical (unpaired) electrons. The Kier molecular flexibility index (Phi) is 7.99. The minimum absolute atomic E-state index is 0.212. The number of rotatable bonds is 7. The number of nitrogens with one attached hydrogen (secondary N) is 2. The van der Waals surface area contributed by atoms with E-state index in [4.69, 9.17) is 9.47 Å². The number of carbonyl (C=O) groups excluding carboxylic acids is 3. The molecule has 3 aromatic rings. The zero-order valence-electron chi connectivity index (χ0n) is 17.3. The van der Waals surface area contributed by atoms with E-state index in [1.807, 2.05) is 24.3 Å². The highest BCUT2D eigenvalue weighted by molar-refractivity contribution is 9.10. The van der Waals surface area contributed by atoms with Gasteiger partial charge in [0, 0.05) is 27.8 Å². The third-order valence-electron chi connectivity index (χ3n) is 4.37. The van der Waals surface area contributed by atoms with Crippen LogP contribution in [0.5, 0.6) is 5.75 Å². The van der Waals surface area contributed by atoms with Crippen LogP contribution in [-0.2, 0) is 11.3 Å². The van der Waals surface area contributed by atoms with E-state index >= 15 is 0 Å². The van der Waals surface area contributed by atoms with Crippen LogP contribution in [0.1, 0.15) is 33.2 Å². The summed E-state index contributed by atoms with van der Waals surface area (Å²) in [4.78, 5) is 36.4. The van der Waals surface area contributed by atoms with Crippen LogP contribution in [0.2, 0.25) is 0 Å². The number of hydrogen-bond acceptors (Lipinski definition) is 5. The second-order valence-corrected chi connectivity index (χ2v) is 7.53. The smallest absolute Gasteiger partial charge is 0.434 e. The molecule has 0 aliphatic heterocycles. The first-order valence-corrected chi connectivity index (χ1v) is 10.6. The molecule has 2 N–H and O–H groups in total. The number of amides is 2. The van der Waals surface area contributed by atoms with Gasteiger partial charge in [0.15, 0.2) is 0 Å². The zero-order chi connectivity index (χ0) is 22.9. The number of para-hydroxylation sites is 1. The Hall–Kier alpha value is -3.65. The van der Waals surface area contributed by atoms with Crippen molar-refractivity contribution in [1.29, 1.82) is 0 Å². The van der Waals surface area contributed by atoms with Crippen molar-refractivity contribution in [1.82, 2.24) is 5.32 Å². The van der Waals surface area contributed by atoms with E-state index in [0.29, 0.717) is 16.8 Å². The molecule has 0 aromatic heterocycles. The van der Waals surface area contributed by atoms with Gasteiger partial charge >= 0.3 is 6.16 Å². The Morgan fingerprint density at radius 3 is 2.34 bits per heavy atom. The minimum Gasteiger partial charge on any atom is -0.434 e. The Bertz CT molecular complexity index is 1120. The highest BCUT2D eigenvalue weighted by Gasteiger charge is 2.12. The Morgan fingerprint density at radius 2 is 1.62 bits per heavy atom. The van der Waals surface area contributed by atoms with Crippen molar-refractivity contribution in [2.24, 2.45) is 0 Å². The van der Waals surface area contributed by atoms with Crippen LogP contribution < -0.4 is 15.4 Å². The summed E-state index contributed by atoms with van der Waals surface area (Å²) in [6.45, 7) is 2.11. The second-order valence-electron chi connectivity index (χ2n) is 6.61. The summed E-state index contributed by atoms with van der Waals surface area (Å²) < 4.78 is 10.5. The van der Waals surface area contributed by atoms with Gasteiger partial charge in [-0.2, -0.15) is 0 Å². The Balaban J connectivity index is 1.61. The monoisotopic (exact) mass is 496 g/mol. The Morgan fingerprint density at radius 1 is 0.875 bits per heavy atom. The van der Waals surface area contributed by atoms with Gasteiger partial charge in [0.25, 0.3) is 11.8 Å². The van der Waals surface area contributed by atoms with Crippen molar-refractivity contribution in [2.45, 2.75) is 13.5 Å². The number of halogens is 1. The maximum atomic E-state index is 12.6. The van der Waals surface area contributed by atoms with Gasteiger partial charge in [0.05, 0.1) is 6.61 Å². The topological polar surface area (TPSA) is 93.7 Å². The lowest BCUT2D eigenvalue weighted by molar-refractivity contribution is 0.0950. The van der Waals surface area contributed by atoms with Gasteiger partial charge in [0.2, 0.25) is 0 Å². The van der Waals surface area contributed by atoms with Crippen molar-refractivity contribution in [3.63, 3.8) is 0 Å². The van der Waals surface area contributed by atoms with Gasteiger partial charge in [-0.05, 0) is 61.0 Å². The molecule has 0 saturated heterocycles. The molecule has 32 heavy (non-hydrogen) atoms. The predicted octanol–water partition coefficient (Wildman–Crippen LogP) is 5.17. The van der Waals surface area contributed by atoms with E-state index in [2.05, 4.69) is 26.6 Å². The van der Waals surface area contributed by atoms with Crippen molar-refractivity contribution in [3.05, 3.63) is 94.0 Å². The number of ether oxygens (including phenoxy) is 2. The summed E-state index contributed by atoms with van der Waals surface area (Å²) in [5.41, 5.74) is 2.28. The van der Waals surface area contributed by atoms with E-state index in [0.717, 1.165) is 10.0 Å². The van der Waals surface area contributed by atoms with Crippen molar-refractivity contribution in [2.75, 3.05) is 11.9 Å². The van der Waals surface area contributed by atoms with Gasteiger partial charge in [-0.15, -0.1) is 0 Å². The molecular weight excluding hydrogens is 476 g/mol. The largest absolute Gasteiger partial charge is 0.513 e. The summed E-state index contributed by atoms with van der Waals surface area (Å²) >= 11 is 3.36. The first-order chi connectivity index (χ1) is 15.5. The molecule has 0 fully saturated rings. The fourth-order valence-electron chi connectivity index (χ4n) is 2.82. The van der Waals surface area contributed by atoms with Crippen molar-refractivity contribution in [3.8, 4) is 5.75 Å². The van der Waals surface area contributed by atoms with Gasteiger partial charge < -0.3 is 20.1 Å². The molecule has 0 aliphatic carbocycles. The molecule has 0 heterocycles. The van der Waals surface area contributed by atoms with E-state index in [1.54, 1.807) is 43.3 Å². The van der Waals surface area contributed by atoms with E-state index < -0.39 is 6.16 Å². The van der Waals surface area contributed by atoms with Crippen LogP contribution in [0.15, 0.2) is 77.3 Å². The first kappa shape index (κ1) is 23.0. The summed E-state index contributed by atoms with van der Waals surface area (Å²) in [5, 5.41) is 5.71. The van der Waals surface area contributed by atoms with Crippen LogP contribution in [0.3, 0.4) is 0 Å². The standard InChI is InChI=1S/C24H21BrN2O5/c1-2-31-24(30)32-20-12-10-16(11-13-20)22(28)26-15-18-6-3-4-9-21(18)27-23(29)17-7-5-8-19(25)14-17/h3-14H,2,15H2,1H3,(H,26,28)(H,27,29). The molecule has 0 spiro atoms. The lowest BCUT2D eigenvalue weighted by Crippen LogP contribution is -2.24. The quantitative estimate of drug-likeness (QED) is 0.347. The zero-order valence-corrected chi connectivity index (χ0v) is 18.8. The average molecular weight is 497 g/mol. The molecular formula is C24H21BrN2O5. The average Bonchev–Trinajstić information content (AvgIpc) is 2.79. The van der Waals surface area contributed by atoms with E-state index in [-0.39, 0.29) is 30.7 Å². The second kappa shape index (κ2) is 11.1. The summed E-state index contributed by atoms with van der Waals surface area (Å²) in [6.07, 6.45) is -0.800. The molecule has 0 unspecified atom stereocenters.